The van der Waals surface area contributed by atoms with Gasteiger partial charge in [-0.15, -0.1) is 19.7 Å². The van der Waals surface area contributed by atoms with Crippen LogP contribution in [0.25, 0.3) is 0 Å². The van der Waals surface area contributed by atoms with E-state index in [0.717, 1.165) is 5.57 Å². The topological polar surface area (TPSA) is 369 Å². The van der Waals surface area contributed by atoms with Gasteiger partial charge in [0, 0.05) is 11.1 Å². The maximum Gasteiger partial charge on any atom is 0.333 e. The Morgan fingerprint density at radius 3 is 1.23 bits per heavy atom. The molecule has 23 unspecified atom stereocenters. The van der Waals surface area contributed by atoms with Gasteiger partial charge in [0.2, 0.25) is 0 Å². The Morgan fingerprint density at radius 1 is 0.462 bits per heavy atom. The van der Waals surface area contributed by atoms with Crippen LogP contribution in [0, 0.1) is 0 Å². The average molecular weight is 1120 g/mol. The standard InChI is InChI=1S/C54H86O24/c1-12-52(9,76-49-41(65)37(61)34(58)31(24-55)70-49)22-16-20-29(7)47(68)74-44-38(62)35(59)32(25-56)71-50(44)77-54(11,14-3)23-17-19-28(6)46(67)73-43-30(8)69-48(42(66)40(43)64)75-45-39(63)36(60)33(26-57)72-51(45)78-53(10,13-2)21-15-18-27(4)5/h12-14,18-20,30-45,48-51,55-66H,1-3,15-17,21-26H2,4-11H3. The zero-order valence-electron chi connectivity index (χ0n) is 45.8. The molecule has 0 radical (unpaired) electrons. The first-order chi connectivity index (χ1) is 36.6. The lowest BCUT2D eigenvalue weighted by Crippen LogP contribution is -2.65. The van der Waals surface area contributed by atoms with Crippen LogP contribution in [0.5, 0.6) is 0 Å². The summed E-state index contributed by atoms with van der Waals surface area (Å²) in [5.74, 6) is -1.84. The second-order valence-electron chi connectivity index (χ2n) is 21.2. The SMILES string of the molecule is C=CC(C)(CCC=C(C)C(=O)OC1C(OC(C)(C=C)CCC=C(C)C(=O)OC2C(C)OC(OC3C(OC(C)(C=C)CCC=C(C)C)OC(CO)C(O)C3O)C(O)C2O)OC(CO)C(O)C1O)OC1OC(CO)C(O)C(O)C1O. The van der Waals surface area contributed by atoms with Crippen LogP contribution in [0.2, 0.25) is 0 Å². The summed E-state index contributed by atoms with van der Waals surface area (Å²) in [6, 6.07) is 0. The highest BCUT2D eigenvalue weighted by atomic mass is 16.8. The number of aliphatic hydroxyl groups excluding tert-OH is 12. The van der Waals surface area contributed by atoms with E-state index < -0.39 is 171 Å². The summed E-state index contributed by atoms with van der Waals surface area (Å²) >= 11 is 0. The molecule has 446 valence electrons. The Bertz CT molecular complexity index is 2060. The number of carbonyl (C=O) groups is 2. The number of hydrogen-bond acceptors (Lipinski definition) is 24. The minimum absolute atomic E-state index is 0.0483. The molecule has 0 bridgehead atoms. The highest BCUT2D eigenvalue weighted by Gasteiger charge is 2.53. The van der Waals surface area contributed by atoms with Crippen molar-refractivity contribution in [2.75, 3.05) is 19.8 Å². The van der Waals surface area contributed by atoms with Gasteiger partial charge in [-0.05, 0) is 93.9 Å². The van der Waals surface area contributed by atoms with Gasteiger partial charge in [0.1, 0.15) is 79.4 Å². The number of aliphatic hydroxyl groups is 12. The van der Waals surface area contributed by atoms with E-state index in [4.69, 9.17) is 47.4 Å². The number of carbonyl (C=O) groups excluding carboxylic acids is 2. The predicted octanol–water partition coefficient (Wildman–Crippen LogP) is -0.577. The van der Waals surface area contributed by atoms with Crippen molar-refractivity contribution in [2.24, 2.45) is 0 Å². The maximum absolute atomic E-state index is 13.5. The Balaban J connectivity index is 1.39. The first-order valence-electron chi connectivity index (χ1n) is 26.1. The Kier molecular flexibility index (Phi) is 25.4. The molecule has 0 aliphatic carbocycles. The Labute approximate surface area is 455 Å². The summed E-state index contributed by atoms with van der Waals surface area (Å²) < 4.78 is 58.7. The van der Waals surface area contributed by atoms with Crippen LogP contribution in [0.1, 0.15) is 93.9 Å². The molecule has 0 saturated carbocycles. The van der Waals surface area contributed by atoms with Crippen molar-refractivity contribution >= 4 is 11.9 Å². The molecule has 4 heterocycles. The Hall–Kier alpha value is -3.42. The monoisotopic (exact) mass is 1120 g/mol. The van der Waals surface area contributed by atoms with Gasteiger partial charge in [-0.1, -0.05) is 42.0 Å². The van der Waals surface area contributed by atoms with Crippen LogP contribution < -0.4 is 0 Å². The van der Waals surface area contributed by atoms with Crippen molar-refractivity contribution in [1.82, 2.24) is 0 Å². The molecular weight excluding hydrogens is 1030 g/mol. The van der Waals surface area contributed by atoms with Crippen LogP contribution in [-0.4, -0.2) is 233 Å². The van der Waals surface area contributed by atoms with Crippen molar-refractivity contribution in [3.63, 3.8) is 0 Å². The molecule has 4 aliphatic rings. The molecule has 0 amide bonds. The molecule has 0 aromatic rings. The van der Waals surface area contributed by atoms with E-state index in [1.54, 1.807) is 26.8 Å². The van der Waals surface area contributed by atoms with Gasteiger partial charge in [0.25, 0.3) is 0 Å². The molecule has 4 rings (SSSR count). The van der Waals surface area contributed by atoms with Crippen LogP contribution in [0.4, 0.5) is 0 Å². The lowest BCUT2D eigenvalue weighted by atomic mass is 9.96. The van der Waals surface area contributed by atoms with Gasteiger partial charge in [0.15, 0.2) is 37.4 Å². The maximum atomic E-state index is 13.5. The molecule has 23 atom stereocenters. The lowest BCUT2D eigenvalue weighted by molar-refractivity contribution is -0.373. The quantitative estimate of drug-likeness (QED) is 0.0278. The predicted molar refractivity (Wildman–Crippen MR) is 274 cm³/mol. The van der Waals surface area contributed by atoms with Crippen LogP contribution >= 0.6 is 0 Å². The van der Waals surface area contributed by atoms with Gasteiger partial charge in [-0.25, -0.2) is 9.59 Å². The van der Waals surface area contributed by atoms with Gasteiger partial charge in [-0.3, -0.25) is 0 Å². The van der Waals surface area contributed by atoms with Crippen LogP contribution in [0.3, 0.4) is 0 Å². The lowest BCUT2D eigenvalue weighted by Gasteiger charge is -2.47. The summed E-state index contributed by atoms with van der Waals surface area (Å²) in [4.78, 5) is 27.0. The molecule has 0 spiro atoms. The fraction of sp³-hybridized carbons (Fsp3) is 0.741. The fourth-order valence-electron chi connectivity index (χ4n) is 8.99. The normalized spacial score (nSPS) is 38.2. The molecule has 0 aromatic heterocycles. The minimum atomic E-state index is -1.87. The molecule has 24 nitrogen and oxygen atoms in total. The highest BCUT2D eigenvalue weighted by Crippen LogP contribution is 2.36. The largest absolute Gasteiger partial charge is 0.453 e. The van der Waals surface area contributed by atoms with E-state index in [0.29, 0.717) is 12.8 Å². The van der Waals surface area contributed by atoms with Gasteiger partial charge >= 0.3 is 11.9 Å². The molecule has 12 N–H and O–H groups in total. The second kappa shape index (κ2) is 29.5. The summed E-state index contributed by atoms with van der Waals surface area (Å²) in [6.07, 6.45) is -20.4. The molecular formula is C54H86O24. The summed E-state index contributed by atoms with van der Waals surface area (Å²) in [6.45, 7) is 22.5. The van der Waals surface area contributed by atoms with Crippen molar-refractivity contribution in [3.05, 3.63) is 72.9 Å². The van der Waals surface area contributed by atoms with Crippen molar-refractivity contribution in [3.8, 4) is 0 Å². The molecule has 78 heavy (non-hydrogen) atoms. The molecule has 4 aliphatic heterocycles. The van der Waals surface area contributed by atoms with E-state index in [-0.39, 0.29) is 36.8 Å². The van der Waals surface area contributed by atoms with E-state index >= 15 is 0 Å². The van der Waals surface area contributed by atoms with E-state index in [2.05, 4.69) is 19.7 Å². The molecule has 24 heteroatoms. The Morgan fingerprint density at radius 2 is 0.808 bits per heavy atom. The zero-order chi connectivity index (χ0) is 58.6. The van der Waals surface area contributed by atoms with Crippen molar-refractivity contribution in [2.45, 2.75) is 234 Å². The molecule has 4 fully saturated rings. The van der Waals surface area contributed by atoms with Crippen molar-refractivity contribution in [1.29, 1.82) is 0 Å². The van der Waals surface area contributed by atoms with E-state index in [1.807, 2.05) is 19.9 Å². The van der Waals surface area contributed by atoms with Crippen LogP contribution in [-0.2, 0) is 57.0 Å². The third kappa shape index (κ3) is 17.1. The van der Waals surface area contributed by atoms with E-state index in [1.165, 1.54) is 45.1 Å². The van der Waals surface area contributed by atoms with Crippen molar-refractivity contribution < 1.29 is 118 Å². The van der Waals surface area contributed by atoms with Gasteiger partial charge < -0.3 is 109 Å². The number of ether oxygens (including phenoxy) is 10. The van der Waals surface area contributed by atoms with E-state index in [9.17, 15) is 70.9 Å². The molecule has 4 saturated heterocycles. The third-order valence-corrected chi connectivity index (χ3v) is 14.5. The van der Waals surface area contributed by atoms with Crippen LogP contribution in [0.15, 0.2) is 72.9 Å². The second-order valence-corrected chi connectivity index (χ2v) is 21.2. The summed E-state index contributed by atoms with van der Waals surface area (Å²) in [5.41, 5.74) is -2.42. The number of esters is 2. The third-order valence-electron chi connectivity index (χ3n) is 14.5. The fourth-order valence-corrected chi connectivity index (χ4v) is 8.99. The summed E-state index contributed by atoms with van der Waals surface area (Å²) in [5, 5.41) is 127. The van der Waals surface area contributed by atoms with Gasteiger partial charge in [0.05, 0.1) is 42.7 Å². The number of hydrogen-bond donors (Lipinski definition) is 12. The summed E-state index contributed by atoms with van der Waals surface area (Å²) in [7, 11) is 0. The first-order valence-corrected chi connectivity index (χ1v) is 26.1. The van der Waals surface area contributed by atoms with Gasteiger partial charge in [-0.2, -0.15) is 0 Å². The smallest absolute Gasteiger partial charge is 0.333 e. The molecule has 0 aromatic carbocycles. The average Bonchev–Trinajstić information content (AvgIpc) is 3.40. The number of allylic oxidation sites excluding steroid dienone is 4. The first kappa shape index (κ1) is 67.1. The zero-order valence-corrected chi connectivity index (χ0v) is 45.8. The minimum Gasteiger partial charge on any atom is -0.453 e. The highest BCUT2D eigenvalue weighted by molar-refractivity contribution is 5.88. The number of rotatable bonds is 27.